The van der Waals surface area contributed by atoms with E-state index < -0.39 is 10.1 Å². The van der Waals surface area contributed by atoms with E-state index in [0.29, 0.717) is 24.8 Å². The molecule has 0 aliphatic carbocycles. The van der Waals surface area contributed by atoms with Crippen LogP contribution in [0.4, 0.5) is 0 Å². The predicted molar refractivity (Wildman–Crippen MR) is 117 cm³/mol. The Kier molecular flexibility index (Phi) is 10.5. The fraction of sp³-hybridized carbons (Fsp3) is 0.682. The van der Waals surface area contributed by atoms with Crippen molar-refractivity contribution in [3.63, 3.8) is 0 Å². The van der Waals surface area contributed by atoms with Gasteiger partial charge in [0.25, 0.3) is 0 Å². The Morgan fingerprint density at radius 3 is 2.34 bits per heavy atom. The molecular weight excluding hydrogens is 390 g/mol. The highest BCUT2D eigenvalue weighted by atomic mass is 32.2. The molecule has 0 saturated carbocycles. The number of carbonyl (C=O) groups is 1. The summed E-state index contributed by atoms with van der Waals surface area (Å²) in [5, 5.41) is 0. The molecule has 0 aromatic heterocycles. The van der Waals surface area contributed by atoms with Gasteiger partial charge in [-0.2, -0.15) is 8.42 Å². The third-order valence-electron chi connectivity index (χ3n) is 4.82. The molecular formula is C22H37NO5S. The van der Waals surface area contributed by atoms with Gasteiger partial charge in [0.2, 0.25) is 5.91 Å². The maximum Gasteiger partial charge on any atom is 0.309 e. The van der Waals surface area contributed by atoms with Gasteiger partial charge in [-0.25, -0.2) is 0 Å². The number of amides is 1. The summed E-state index contributed by atoms with van der Waals surface area (Å²) in [4.78, 5) is 15.1. The number of unbranched alkanes of at least 4 members (excludes halogenated alkanes) is 1. The summed E-state index contributed by atoms with van der Waals surface area (Å²) in [6.07, 6.45) is 3.82. The molecule has 0 saturated heterocycles. The van der Waals surface area contributed by atoms with E-state index in [1.165, 1.54) is 14.0 Å². The molecule has 0 spiro atoms. The summed E-state index contributed by atoms with van der Waals surface area (Å²) >= 11 is 0. The normalized spacial score (nSPS) is 12.7. The van der Waals surface area contributed by atoms with E-state index in [2.05, 4.69) is 27.7 Å². The second-order valence-corrected chi connectivity index (χ2v) is 9.63. The number of carbonyl (C=O) groups excluding carboxylic acids is 1. The lowest BCUT2D eigenvalue weighted by atomic mass is 9.97. The van der Waals surface area contributed by atoms with Crippen LogP contribution in [0.25, 0.3) is 0 Å². The van der Waals surface area contributed by atoms with Crippen LogP contribution in [0.2, 0.25) is 0 Å². The SMILES string of the molecule is CCCC[C@H](CC)C(=O)N(Cc1ccc(OC)c(OS(=O)(=O)CC)c1)CC(C)C. The Bertz CT molecular complexity index is 746. The molecule has 1 rings (SSSR count). The average molecular weight is 428 g/mol. The van der Waals surface area contributed by atoms with Crippen molar-refractivity contribution in [1.29, 1.82) is 0 Å². The predicted octanol–water partition coefficient (Wildman–Crippen LogP) is 4.62. The van der Waals surface area contributed by atoms with Crippen LogP contribution >= 0.6 is 0 Å². The molecule has 0 N–H and O–H groups in total. The molecule has 7 heteroatoms. The first kappa shape index (κ1) is 25.3. The van der Waals surface area contributed by atoms with Gasteiger partial charge in [0, 0.05) is 19.0 Å². The minimum Gasteiger partial charge on any atom is -0.493 e. The maximum atomic E-state index is 13.2. The van der Waals surface area contributed by atoms with Gasteiger partial charge in [-0.05, 0) is 43.4 Å². The van der Waals surface area contributed by atoms with Crippen LogP contribution in [0.5, 0.6) is 11.5 Å². The molecule has 0 aliphatic heterocycles. The number of nitrogens with zero attached hydrogens (tertiary/aromatic N) is 1. The van der Waals surface area contributed by atoms with Gasteiger partial charge in [0.1, 0.15) is 0 Å². The minimum absolute atomic E-state index is 0.0168. The highest BCUT2D eigenvalue weighted by molar-refractivity contribution is 7.87. The molecule has 0 fully saturated rings. The van der Waals surface area contributed by atoms with Crippen molar-refractivity contribution >= 4 is 16.0 Å². The van der Waals surface area contributed by atoms with Gasteiger partial charge < -0.3 is 13.8 Å². The van der Waals surface area contributed by atoms with E-state index in [1.54, 1.807) is 12.1 Å². The molecule has 1 amide bonds. The standard InChI is InChI=1S/C22H37NO5S/c1-7-10-11-19(8-2)22(24)23(15-17(4)5)16-18-12-13-20(27-6)21(14-18)28-29(25,26)9-3/h12-14,17,19H,7-11,15-16H2,1-6H3/t19-/m0/s1. The molecule has 0 heterocycles. The summed E-state index contributed by atoms with van der Waals surface area (Å²) < 4.78 is 34.3. The van der Waals surface area contributed by atoms with Crippen LogP contribution in [-0.4, -0.2) is 38.6 Å². The molecule has 6 nitrogen and oxygen atoms in total. The number of hydrogen-bond acceptors (Lipinski definition) is 5. The molecule has 0 aliphatic rings. The van der Waals surface area contributed by atoms with Gasteiger partial charge in [-0.3, -0.25) is 4.79 Å². The smallest absolute Gasteiger partial charge is 0.309 e. The monoisotopic (exact) mass is 427 g/mol. The zero-order valence-corrected chi connectivity index (χ0v) is 19.5. The Hall–Kier alpha value is -1.76. The first-order chi connectivity index (χ1) is 13.7. The second kappa shape index (κ2) is 12.1. The van der Waals surface area contributed by atoms with Crippen LogP contribution in [0, 0.1) is 11.8 Å². The van der Waals surface area contributed by atoms with Crippen LogP contribution in [0.1, 0.15) is 65.9 Å². The Balaban J connectivity index is 3.13. The van der Waals surface area contributed by atoms with Crippen LogP contribution in [0.15, 0.2) is 18.2 Å². The topological polar surface area (TPSA) is 72.9 Å². The van der Waals surface area contributed by atoms with Gasteiger partial charge in [0.15, 0.2) is 11.5 Å². The van der Waals surface area contributed by atoms with E-state index in [-0.39, 0.29) is 23.3 Å². The molecule has 0 bridgehead atoms. The summed E-state index contributed by atoms with van der Waals surface area (Å²) in [6.45, 7) is 10.9. The van der Waals surface area contributed by atoms with E-state index in [1.807, 2.05) is 11.0 Å². The minimum atomic E-state index is -3.67. The van der Waals surface area contributed by atoms with Crippen molar-refractivity contribution in [2.75, 3.05) is 19.4 Å². The summed E-state index contributed by atoms with van der Waals surface area (Å²) in [6, 6.07) is 5.18. The van der Waals surface area contributed by atoms with Crippen LogP contribution < -0.4 is 8.92 Å². The third-order valence-corrected chi connectivity index (χ3v) is 5.96. The van der Waals surface area contributed by atoms with Crippen LogP contribution in [0.3, 0.4) is 0 Å². The largest absolute Gasteiger partial charge is 0.493 e. The van der Waals surface area contributed by atoms with Gasteiger partial charge in [-0.1, -0.05) is 46.6 Å². The van der Waals surface area contributed by atoms with Crippen molar-refractivity contribution in [1.82, 2.24) is 4.90 Å². The van der Waals surface area contributed by atoms with E-state index in [0.717, 1.165) is 31.2 Å². The molecule has 29 heavy (non-hydrogen) atoms. The highest BCUT2D eigenvalue weighted by Crippen LogP contribution is 2.30. The molecule has 0 unspecified atom stereocenters. The first-order valence-electron chi connectivity index (χ1n) is 10.5. The Labute approximate surface area is 176 Å². The van der Waals surface area contributed by atoms with E-state index in [9.17, 15) is 13.2 Å². The highest BCUT2D eigenvalue weighted by Gasteiger charge is 2.24. The number of methoxy groups -OCH3 is 1. The Morgan fingerprint density at radius 1 is 1.14 bits per heavy atom. The lowest BCUT2D eigenvalue weighted by Crippen LogP contribution is -2.38. The molecule has 0 radical (unpaired) electrons. The summed E-state index contributed by atoms with van der Waals surface area (Å²) in [5.41, 5.74) is 0.812. The first-order valence-corrected chi connectivity index (χ1v) is 12.1. The molecule has 1 aromatic rings. The van der Waals surface area contributed by atoms with Crippen molar-refractivity contribution < 1.29 is 22.1 Å². The number of rotatable bonds is 13. The lowest BCUT2D eigenvalue weighted by Gasteiger charge is -2.29. The van der Waals surface area contributed by atoms with E-state index >= 15 is 0 Å². The van der Waals surface area contributed by atoms with Crippen molar-refractivity contribution in [2.24, 2.45) is 11.8 Å². The van der Waals surface area contributed by atoms with Gasteiger partial charge in [-0.15, -0.1) is 0 Å². The zero-order valence-electron chi connectivity index (χ0n) is 18.7. The van der Waals surface area contributed by atoms with Gasteiger partial charge in [0.05, 0.1) is 12.9 Å². The van der Waals surface area contributed by atoms with Gasteiger partial charge >= 0.3 is 10.1 Å². The molecule has 1 aromatic carbocycles. The number of ether oxygens (including phenoxy) is 1. The summed E-state index contributed by atoms with van der Waals surface area (Å²) in [7, 11) is -2.21. The summed E-state index contributed by atoms with van der Waals surface area (Å²) in [5.74, 6) is 0.881. The second-order valence-electron chi connectivity index (χ2n) is 7.77. The van der Waals surface area contributed by atoms with Crippen molar-refractivity contribution in [3.05, 3.63) is 23.8 Å². The zero-order chi connectivity index (χ0) is 22.0. The molecule has 166 valence electrons. The number of hydrogen-bond donors (Lipinski definition) is 0. The van der Waals surface area contributed by atoms with Crippen LogP contribution in [-0.2, 0) is 21.5 Å². The number of benzene rings is 1. The fourth-order valence-electron chi connectivity index (χ4n) is 3.18. The maximum absolute atomic E-state index is 13.2. The Morgan fingerprint density at radius 2 is 1.83 bits per heavy atom. The van der Waals surface area contributed by atoms with E-state index in [4.69, 9.17) is 8.92 Å². The van der Waals surface area contributed by atoms with Crippen molar-refractivity contribution in [2.45, 2.75) is 66.8 Å². The average Bonchev–Trinajstić information content (AvgIpc) is 2.67. The van der Waals surface area contributed by atoms with Crippen molar-refractivity contribution in [3.8, 4) is 11.5 Å². The fourth-order valence-corrected chi connectivity index (χ4v) is 3.71. The lowest BCUT2D eigenvalue weighted by molar-refractivity contribution is -0.137. The third kappa shape index (κ3) is 8.25. The molecule has 1 atom stereocenters. The quantitative estimate of drug-likeness (QED) is 0.429.